The molecule has 0 saturated heterocycles. The maximum absolute atomic E-state index is 11.9. The van der Waals surface area contributed by atoms with Gasteiger partial charge in [-0.05, 0) is 31.5 Å². The lowest BCUT2D eigenvalue weighted by Gasteiger charge is -2.18. The SMILES string of the molecule is CN(C)S(=O)(=O)c1ccc(CNC(=O)C(C)(C)N)cc1. The number of hydrogen-bond acceptors (Lipinski definition) is 4. The molecule has 7 heteroatoms. The zero-order valence-corrected chi connectivity index (χ0v) is 13.0. The number of benzene rings is 1. The Morgan fingerprint density at radius 3 is 2.15 bits per heavy atom. The molecular weight excluding hydrogens is 278 g/mol. The minimum absolute atomic E-state index is 0.219. The van der Waals surface area contributed by atoms with Crippen LogP contribution in [-0.4, -0.2) is 38.3 Å². The Morgan fingerprint density at radius 1 is 1.25 bits per heavy atom. The van der Waals surface area contributed by atoms with Crippen LogP contribution in [0.4, 0.5) is 0 Å². The summed E-state index contributed by atoms with van der Waals surface area (Å²) >= 11 is 0. The smallest absolute Gasteiger partial charge is 0.242 e. The Kier molecular flexibility index (Phi) is 4.90. The van der Waals surface area contributed by atoms with Gasteiger partial charge in [-0.1, -0.05) is 12.1 Å². The van der Waals surface area contributed by atoms with E-state index in [0.717, 1.165) is 9.87 Å². The molecule has 0 atom stereocenters. The number of carbonyl (C=O) groups is 1. The number of hydrogen-bond donors (Lipinski definition) is 2. The molecule has 0 bridgehead atoms. The van der Waals surface area contributed by atoms with Gasteiger partial charge in [-0.25, -0.2) is 12.7 Å². The van der Waals surface area contributed by atoms with Crippen molar-refractivity contribution in [2.45, 2.75) is 30.8 Å². The van der Waals surface area contributed by atoms with Crippen LogP contribution in [0.15, 0.2) is 29.2 Å². The highest BCUT2D eigenvalue weighted by Gasteiger charge is 2.21. The van der Waals surface area contributed by atoms with Crippen LogP contribution in [-0.2, 0) is 21.4 Å². The summed E-state index contributed by atoms with van der Waals surface area (Å²) < 4.78 is 24.9. The number of rotatable bonds is 5. The van der Waals surface area contributed by atoms with Gasteiger partial charge in [0.1, 0.15) is 0 Å². The Balaban J connectivity index is 2.76. The van der Waals surface area contributed by atoms with Crippen LogP contribution >= 0.6 is 0 Å². The minimum Gasteiger partial charge on any atom is -0.350 e. The maximum atomic E-state index is 11.9. The van der Waals surface area contributed by atoms with Gasteiger partial charge in [-0.2, -0.15) is 0 Å². The third-order valence-corrected chi connectivity index (χ3v) is 4.57. The Labute approximate surface area is 120 Å². The number of sulfonamides is 1. The highest BCUT2D eigenvalue weighted by molar-refractivity contribution is 7.89. The van der Waals surface area contributed by atoms with Crippen LogP contribution < -0.4 is 11.1 Å². The predicted octanol–water partition coefficient (Wildman–Crippen LogP) is 0.290. The molecule has 0 heterocycles. The molecule has 1 amide bonds. The van der Waals surface area contributed by atoms with Gasteiger partial charge in [0.15, 0.2) is 0 Å². The van der Waals surface area contributed by atoms with Gasteiger partial charge in [-0.15, -0.1) is 0 Å². The molecule has 0 unspecified atom stereocenters. The van der Waals surface area contributed by atoms with Crippen LogP contribution in [0.2, 0.25) is 0 Å². The normalized spacial score (nSPS) is 12.5. The molecule has 1 aromatic rings. The van der Waals surface area contributed by atoms with Crippen molar-refractivity contribution in [2.75, 3.05) is 14.1 Å². The first-order chi connectivity index (χ1) is 9.05. The van der Waals surface area contributed by atoms with E-state index < -0.39 is 15.6 Å². The molecule has 3 N–H and O–H groups in total. The topological polar surface area (TPSA) is 92.5 Å². The fourth-order valence-electron chi connectivity index (χ4n) is 1.40. The molecule has 1 aromatic carbocycles. The monoisotopic (exact) mass is 299 g/mol. The van der Waals surface area contributed by atoms with E-state index in [1.807, 2.05) is 0 Å². The molecule has 6 nitrogen and oxygen atoms in total. The van der Waals surface area contributed by atoms with Crippen molar-refractivity contribution < 1.29 is 13.2 Å². The first-order valence-corrected chi connectivity index (χ1v) is 7.58. The molecule has 0 aliphatic rings. The summed E-state index contributed by atoms with van der Waals surface area (Å²) in [7, 11) is -0.464. The van der Waals surface area contributed by atoms with Crippen molar-refractivity contribution in [3.63, 3.8) is 0 Å². The van der Waals surface area contributed by atoms with E-state index in [0.29, 0.717) is 6.54 Å². The quantitative estimate of drug-likeness (QED) is 0.817. The first-order valence-electron chi connectivity index (χ1n) is 6.14. The van der Waals surface area contributed by atoms with Gasteiger partial charge in [0, 0.05) is 20.6 Å². The Hall–Kier alpha value is -1.44. The zero-order chi connectivity index (χ0) is 15.6. The average molecular weight is 299 g/mol. The minimum atomic E-state index is -3.42. The van der Waals surface area contributed by atoms with Crippen molar-refractivity contribution in [2.24, 2.45) is 5.73 Å². The molecule has 0 aliphatic heterocycles. The lowest BCUT2D eigenvalue weighted by Crippen LogP contribution is -2.48. The van der Waals surface area contributed by atoms with Gasteiger partial charge in [0.2, 0.25) is 15.9 Å². The predicted molar refractivity (Wildman–Crippen MR) is 77.4 cm³/mol. The molecule has 0 aromatic heterocycles. The summed E-state index contributed by atoms with van der Waals surface area (Å²) in [5.41, 5.74) is 5.53. The van der Waals surface area contributed by atoms with Crippen molar-refractivity contribution in [3.05, 3.63) is 29.8 Å². The molecule has 0 aliphatic carbocycles. The lowest BCUT2D eigenvalue weighted by molar-refractivity contribution is -0.125. The zero-order valence-electron chi connectivity index (χ0n) is 12.2. The fourth-order valence-corrected chi connectivity index (χ4v) is 2.30. The van der Waals surface area contributed by atoms with Gasteiger partial charge in [-0.3, -0.25) is 4.79 Å². The molecule has 0 radical (unpaired) electrons. The third kappa shape index (κ3) is 4.03. The summed E-state index contributed by atoms with van der Waals surface area (Å²) in [5, 5.41) is 2.70. The summed E-state index contributed by atoms with van der Waals surface area (Å²) in [6.45, 7) is 3.55. The second kappa shape index (κ2) is 5.90. The van der Waals surface area contributed by atoms with Crippen LogP contribution in [0.3, 0.4) is 0 Å². The number of amides is 1. The Bertz CT molecular complexity index is 572. The highest BCUT2D eigenvalue weighted by Crippen LogP contribution is 2.14. The summed E-state index contributed by atoms with van der Waals surface area (Å²) in [6, 6.07) is 6.37. The standard InChI is InChI=1S/C13H21N3O3S/c1-13(2,14)12(17)15-9-10-5-7-11(8-6-10)20(18,19)16(3)4/h5-8H,9,14H2,1-4H3,(H,15,17). The number of carbonyl (C=O) groups excluding carboxylic acids is 1. The molecule has 0 fully saturated rings. The van der Waals surface area contributed by atoms with Gasteiger partial charge in [0.25, 0.3) is 0 Å². The highest BCUT2D eigenvalue weighted by atomic mass is 32.2. The molecule has 0 saturated carbocycles. The number of nitrogens with zero attached hydrogens (tertiary/aromatic N) is 1. The lowest BCUT2D eigenvalue weighted by atomic mass is 10.1. The second-order valence-corrected chi connectivity index (χ2v) is 7.49. The van der Waals surface area contributed by atoms with E-state index in [9.17, 15) is 13.2 Å². The van der Waals surface area contributed by atoms with Crippen LogP contribution in [0.1, 0.15) is 19.4 Å². The molecule has 112 valence electrons. The maximum Gasteiger partial charge on any atom is 0.242 e. The van der Waals surface area contributed by atoms with E-state index >= 15 is 0 Å². The second-order valence-electron chi connectivity index (χ2n) is 5.34. The van der Waals surface area contributed by atoms with E-state index in [1.54, 1.807) is 26.0 Å². The molecular formula is C13H21N3O3S. The van der Waals surface area contributed by atoms with Crippen molar-refractivity contribution in [1.82, 2.24) is 9.62 Å². The van der Waals surface area contributed by atoms with E-state index in [4.69, 9.17) is 5.73 Å². The van der Waals surface area contributed by atoms with Gasteiger partial charge < -0.3 is 11.1 Å². The fraction of sp³-hybridized carbons (Fsp3) is 0.462. The van der Waals surface area contributed by atoms with Gasteiger partial charge in [0.05, 0.1) is 10.4 Å². The van der Waals surface area contributed by atoms with Crippen molar-refractivity contribution >= 4 is 15.9 Å². The molecule has 20 heavy (non-hydrogen) atoms. The third-order valence-electron chi connectivity index (χ3n) is 2.74. The molecule has 0 spiro atoms. The number of nitrogens with one attached hydrogen (secondary N) is 1. The van der Waals surface area contributed by atoms with E-state index in [2.05, 4.69) is 5.32 Å². The van der Waals surface area contributed by atoms with Crippen LogP contribution in [0.25, 0.3) is 0 Å². The van der Waals surface area contributed by atoms with E-state index in [1.165, 1.54) is 26.2 Å². The molecule has 1 rings (SSSR count). The van der Waals surface area contributed by atoms with Crippen LogP contribution in [0.5, 0.6) is 0 Å². The number of nitrogens with two attached hydrogens (primary N) is 1. The summed E-state index contributed by atoms with van der Waals surface area (Å²) in [4.78, 5) is 11.8. The first kappa shape index (κ1) is 16.6. The van der Waals surface area contributed by atoms with Gasteiger partial charge >= 0.3 is 0 Å². The van der Waals surface area contributed by atoms with Crippen molar-refractivity contribution in [3.8, 4) is 0 Å². The summed E-state index contributed by atoms with van der Waals surface area (Å²) in [5.74, 6) is -0.262. The van der Waals surface area contributed by atoms with E-state index in [-0.39, 0.29) is 10.8 Å². The average Bonchev–Trinajstić information content (AvgIpc) is 2.35. The largest absolute Gasteiger partial charge is 0.350 e. The Morgan fingerprint density at radius 2 is 1.75 bits per heavy atom. The van der Waals surface area contributed by atoms with Crippen LogP contribution in [0, 0.1) is 0 Å². The summed E-state index contributed by atoms with van der Waals surface area (Å²) in [6.07, 6.45) is 0. The van der Waals surface area contributed by atoms with Crippen molar-refractivity contribution in [1.29, 1.82) is 0 Å².